The second-order valence-corrected chi connectivity index (χ2v) is 9.67. The first-order valence-corrected chi connectivity index (χ1v) is 11.3. The fourth-order valence-electron chi connectivity index (χ4n) is 2.26. The molecule has 0 atom stereocenters. The molecule has 0 saturated heterocycles. The Hall–Kier alpha value is -1.74. The molecule has 1 N–H and O–H groups in total. The Morgan fingerprint density at radius 2 is 1.27 bits per heavy atom. The number of unbranched alkanes of at least 4 members (excludes halogenated alkanes) is 1. The van der Waals surface area contributed by atoms with Crippen molar-refractivity contribution < 1.29 is 16.8 Å². The topological polar surface area (TPSA) is 83.6 Å². The number of hydrogen-bond acceptors (Lipinski definition) is 4. The van der Waals surface area contributed by atoms with Crippen LogP contribution in [0.2, 0.25) is 0 Å². The summed E-state index contributed by atoms with van der Waals surface area (Å²) in [6.45, 7) is 5.66. The summed E-state index contributed by atoms with van der Waals surface area (Å²) in [5.41, 5.74) is 1.84. The molecule has 8 heteroatoms. The number of hydrogen-bond donors (Lipinski definition) is 1. The van der Waals surface area contributed by atoms with Crippen molar-refractivity contribution in [2.75, 3.05) is 6.54 Å². The fraction of sp³-hybridized carbons (Fsp3) is 0.333. The van der Waals surface area contributed by atoms with Crippen LogP contribution >= 0.6 is 0 Å². The quantitative estimate of drug-likeness (QED) is 0.695. The molecule has 0 heterocycles. The van der Waals surface area contributed by atoms with Crippen molar-refractivity contribution in [1.29, 1.82) is 0 Å². The van der Waals surface area contributed by atoms with E-state index in [1.807, 2.05) is 20.8 Å². The summed E-state index contributed by atoms with van der Waals surface area (Å²) >= 11 is 0. The van der Waals surface area contributed by atoms with Gasteiger partial charge in [-0.05, 0) is 44.5 Å². The van der Waals surface area contributed by atoms with E-state index >= 15 is 0 Å². The van der Waals surface area contributed by atoms with Gasteiger partial charge in [0.15, 0.2) is 0 Å². The van der Waals surface area contributed by atoms with Crippen molar-refractivity contribution in [3.8, 4) is 0 Å². The van der Waals surface area contributed by atoms with Gasteiger partial charge in [-0.2, -0.15) is 0 Å². The van der Waals surface area contributed by atoms with E-state index in [1.54, 1.807) is 24.3 Å². The highest BCUT2D eigenvalue weighted by Crippen LogP contribution is 2.18. The van der Waals surface area contributed by atoms with E-state index in [0.29, 0.717) is 6.42 Å². The lowest BCUT2D eigenvalue weighted by atomic mass is 10.2. The number of benzene rings is 2. The predicted molar refractivity (Wildman–Crippen MR) is 101 cm³/mol. The lowest BCUT2D eigenvalue weighted by Gasteiger charge is -2.22. The largest absolute Gasteiger partial charge is 0.256 e. The van der Waals surface area contributed by atoms with Crippen LogP contribution in [-0.4, -0.2) is 27.8 Å². The predicted octanol–water partition coefficient (Wildman–Crippen LogP) is 2.99. The van der Waals surface area contributed by atoms with Gasteiger partial charge in [0.25, 0.3) is 20.0 Å². The Balaban J connectivity index is 2.37. The third-order valence-electron chi connectivity index (χ3n) is 3.88. The highest BCUT2D eigenvalue weighted by molar-refractivity contribution is 7.92. The molecule has 0 saturated carbocycles. The van der Waals surface area contributed by atoms with E-state index in [0.717, 1.165) is 22.0 Å². The number of hydrazine groups is 1. The van der Waals surface area contributed by atoms with Crippen LogP contribution in [0, 0.1) is 13.8 Å². The molecule has 142 valence electrons. The standard InChI is InChI=1S/C18H24N2O4S2/c1-4-5-14-20(26(23,24)18-12-8-16(3)9-13-18)19-25(21,22)17-10-6-15(2)7-11-17/h6-13,19H,4-5,14H2,1-3H3. The summed E-state index contributed by atoms with van der Waals surface area (Å²) in [4.78, 5) is 2.30. The van der Waals surface area contributed by atoms with E-state index in [4.69, 9.17) is 0 Å². The highest BCUT2D eigenvalue weighted by Gasteiger charge is 2.29. The van der Waals surface area contributed by atoms with Crippen molar-refractivity contribution >= 4 is 20.0 Å². The number of nitrogens with zero attached hydrogens (tertiary/aromatic N) is 1. The minimum absolute atomic E-state index is 0.0173. The summed E-state index contributed by atoms with van der Waals surface area (Å²) < 4.78 is 51.9. The van der Waals surface area contributed by atoms with Crippen LogP contribution in [0.5, 0.6) is 0 Å². The zero-order chi connectivity index (χ0) is 19.4. The lowest BCUT2D eigenvalue weighted by Crippen LogP contribution is -2.46. The maximum absolute atomic E-state index is 12.9. The van der Waals surface area contributed by atoms with Crippen LogP contribution in [0.15, 0.2) is 58.3 Å². The number of aryl methyl sites for hydroxylation is 2. The van der Waals surface area contributed by atoms with Crippen LogP contribution in [0.4, 0.5) is 0 Å². The van der Waals surface area contributed by atoms with Crippen LogP contribution < -0.4 is 4.83 Å². The molecule has 0 aromatic heterocycles. The minimum Gasteiger partial charge on any atom is -0.206 e. The van der Waals surface area contributed by atoms with Crippen LogP contribution in [0.25, 0.3) is 0 Å². The SMILES string of the molecule is CCCCN(NS(=O)(=O)c1ccc(C)cc1)S(=O)(=O)c1ccc(C)cc1. The van der Waals surface area contributed by atoms with Crippen LogP contribution in [0.3, 0.4) is 0 Å². The van der Waals surface area contributed by atoms with Gasteiger partial charge < -0.3 is 0 Å². The first-order valence-electron chi connectivity index (χ1n) is 8.35. The second-order valence-electron chi connectivity index (χ2n) is 6.15. The zero-order valence-corrected chi connectivity index (χ0v) is 16.8. The summed E-state index contributed by atoms with van der Waals surface area (Å²) in [7, 11) is -8.01. The van der Waals surface area contributed by atoms with E-state index in [2.05, 4.69) is 4.83 Å². The third kappa shape index (κ3) is 4.91. The molecule has 2 aromatic rings. The van der Waals surface area contributed by atoms with Crippen molar-refractivity contribution in [3.05, 3.63) is 59.7 Å². The molecule has 6 nitrogen and oxygen atoms in total. The molecule has 0 bridgehead atoms. The monoisotopic (exact) mass is 396 g/mol. The Morgan fingerprint density at radius 1 is 0.808 bits per heavy atom. The lowest BCUT2D eigenvalue weighted by molar-refractivity contribution is 0.369. The van der Waals surface area contributed by atoms with Gasteiger partial charge in [0, 0.05) is 6.54 Å². The number of sulfonamides is 2. The fourth-order valence-corrected chi connectivity index (χ4v) is 5.01. The highest BCUT2D eigenvalue weighted by atomic mass is 32.2. The summed E-state index contributed by atoms with van der Waals surface area (Å²) in [5, 5.41) is 0. The molecular weight excluding hydrogens is 372 g/mol. The van der Waals surface area contributed by atoms with Gasteiger partial charge >= 0.3 is 0 Å². The maximum Gasteiger partial charge on any atom is 0.256 e. The second kappa shape index (κ2) is 8.30. The minimum atomic E-state index is -4.01. The van der Waals surface area contributed by atoms with Gasteiger partial charge in [-0.1, -0.05) is 48.7 Å². The summed E-state index contributed by atoms with van der Waals surface area (Å²) in [6, 6.07) is 12.5. The zero-order valence-electron chi connectivity index (χ0n) is 15.1. The van der Waals surface area contributed by atoms with Crippen molar-refractivity contribution in [1.82, 2.24) is 9.25 Å². The molecule has 26 heavy (non-hydrogen) atoms. The van der Waals surface area contributed by atoms with E-state index in [1.165, 1.54) is 24.3 Å². The molecule has 0 unspecified atom stereocenters. The smallest absolute Gasteiger partial charge is 0.206 e. The molecule has 2 rings (SSSR count). The molecule has 0 fully saturated rings. The molecule has 0 aliphatic rings. The van der Waals surface area contributed by atoms with Crippen molar-refractivity contribution in [3.63, 3.8) is 0 Å². The Morgan fingerprint density at radius 3 is 1.73 bits per heavy atom. The molecule has 2 aromatic carbocycles. The Bertz CT molecular complexity index is 936. The van der Waals surface area contributed by atoms with Gasteiger partial charge in [-0.3, -0.25) is 0 Å². The van der Waals surface area contributed by atoms with Gasteiger partial charge in [0.2, 0.25) is 0 Å². The maximum atomic E-state index is 12.9. The normalized spacial score (nSPS) is 12.5. The van der Waals surface area contributed by atoms with Gasteiger partial charge in [0.1, 0.15) is 0 Å². The molecule has 0 aliphatic carbocycles. The molecule has 0 aliphatic heterocycles. The van der Waals surface area contributed by atoms with E-state index in [9.17, 15) is 16.8 Å². The first kappa shape index (κ1) is 20.6. The number of nitrogens with one attached hydrogen (secondary N) is 1. The van der Waals surface area contributed by atoms with Crippen molar-refractivity contribution in [2.24, 2.45) is 0 Å². The van der Waals surface area contributed by atoms with Gasteiger partial charge in [0.05, 0.1) is 9.79 Å². The average Bonchev–Trinajstić information content (AvgIpc) is 2.59. The van der Waals surface area contributed by atoms with Crippen LogP contribution in [0.1, 0.15) is 30.9 Å². The molecule has 0 radical (unpaired) electrons. The van der Waals surface area contributed by atoms with Crippen LogP contribution in [-0.2, 0) is 20.0 Å². The van der Waals surface area contributed by atoms with E-state index < -0.39 is 20.0 Å². The summed E-state index contributed by atoms with van der Waals surface area (Å²) in [5.74, 6) is 0. The average molecular weight is 397 g/mol. The van der Waals surface area contributed by atoms with E-state index in [-0.39, 0.29) is 16.3 Å². The van der Waals surface area contributed by atoms with Gasteiger partial charge in [-0.25, -0.2) is 16.8 Å². The third-order valence-corrected chi connectivity index (χ3v) is 7.07. The summed E-state index contributed by atoms with van der Waals surface area (Å²) in [6.07, 6.45) is 1.26. The Labute approximate surface area is 155 Å². The molecule has 0 spiro atoms. The molecular formula is C18H24N2O4S2. The van der Waals surface area contributed by atoms with Crippen molar-refractivity contribution in [2.45, 2.75) is 43.4 Å². The first-order chi connectivity index (χ1) is 12.2. The molecule has 0 amide bonds. The van der Waals surface area contributed by atoms with Gasteiger partial charge in [-0.15, -0.1) is 9.25 Å². The Kier molecular flexibility index (Phi) is 6.57. The number of rotatable bonds is 8.